The van der Waals surface area contributed by atoms with Crippen LogP contribution in [0.4, 0.5) is 0 Å². The van der Waals surface area contributed by atoms with Crippen LogP contribution in [0.2, 0.25) is 0 Å². The van der Waals surface area contributed by atoms with E-state index in [1.165, 1.54) is 0 Å². The maximum Gasteiger partial charge on any atom is 0.137 e. The van der Waals surface area contributed by atoms with E-state index in [1.807, 2.05) is 12.1 Å². The lowest BCUT2D eigenvalue weighted by Gasteiger charge is -2.33. The van der Waals surface area contributed by atoms with E-state index in [0.29, 0.717) is 5.56 Å². The fraction of sp³-hybridized carbons (Fsp3) is 0.235. The maximum atomic E-state index is 10.4. The second-order valence-corrected chi connectivity index (χ2v) is 6.50. The van der Waals surface area contributed by atoms with Crippen LogP contribution < -0.4 is 0 Å². The molecule has 2 aliphatic heterocycles. The highest BCUT2D eigenvalue weighted by atomic mass is 79.9. The Labute approximate surface area is 142 Å². The predicted octanol–water partition coefficient (Wildman–Crippen LogP) is 3.29. The molecule has 5 nitrogen and oxygen atoms in total. The zero-order valence-corrected chi connectivity index (χ0v) is 13.9. The first-order valence-corrected chi connectivity index (χ1v) is 8.30. The number of amidine groups is 2. The monoisotopic (exact) mass is 370 g/mol. The van der Waals surface area contributed by atoms with Gasteiger partial charge in [-0.1, -0.05) is 22.0 Å². The highest BCUT2D eigenvalue weighted by Gasteiger charge is 2.35. The van der Waals surface area contributed by atoms with Crippen LogP contribution in [0, 0.1) is 5.92 Å². The van der Waals surface area contributed by atoms with Crippen molar-refractivity contribution in [3.8, 4) is 0 Å². The van der Waals surface area contributed by atoms with E-state index in [1.54, 1.807) is 24.5 Å². The quantitative estimate of drug-likeness (QED) is 0.812. The topological polar surface area (TPSA) is 61.1 Å². The van der Waals surface area contributed by atoms with Crippen molar-refractivity contribution in [3.05, 3.63) is 58.5 Å². The number of allylic oxidation sites excluding steroid dienone is 3. The Bertz CT molecular complexity index is 792. The summed E-state index contributed by atoms with van der Waals surface area (Å²) < 4.78 is 1.04. The normalized spacial score (nSPS) is 23.4. The lowest BCUT2D eigenvalue weighted by Crippen LogP contribution is -2.42. The van der Waals surface area contributed by atoms with Gasteiger partial charge in [0.15, 0.2) is 0 Å². The molecule has 3 aliphatic rings. The summed E-state index contributed by atoms with van der Waals surface area (Å²) in [5, 5.41) is 10.4. The van der Waals surface area contributed by atoms with Crippen LogP contribution in [0.5, 0.6) is 0 Å². The molecule has 0 bridgehead atoms. The maximum absolute atomic E-state index is 10.4. The third kappa shape index (κ3) is 2.63. The van der Waals surface area contributed by atoms with Crippen LogP contribution in [0.1, 0.15) is 12.0 Å². The van der Waals surface area contributed by atoms with Gasteiger partial charge in [0.1, 0.15) is 17.4 Å². The van der Waals surface area contributed by atoms with E-state index in [-0.39, 0.29) is 11.7 Å². The Kier molecular flexibility index (Phi) is 3.61. The molecule has 1 N–H and O–H groups in total. The molecule has 1 aromatic rings. The van der Waals surface area contributed by atoms with Gasteiger partial charge < -0.3 is 10.0 Å². The van der Waals surface area contributed by atoms with Gasteiger partial charge in [-0.05, 0) is 24.6 Å². The van der Waals surface area contributed by atoms with Crippen LogP contribution in [-0.4, -0.2) is 39.8 Å². The largest absolute Gasteiger partial charge is 0.507 e. The SMILES string of the molecule is O/C(=C\C1=NC2=CC(Br)=CCC2C2=NCCN12)c1cccnc1. The van der Waals surface area contributed by atoms with Gasteiger partial charge in [0.05, 0.1) is 18.2 Å². The summed E-state index contributed by atoms with van der Waals surface area (Å²) in [6, 6.07) is 3.62. The molecule has 1 unspecified atom stereocenters. The molecule has 0 spiro atoms. The third-order valence-corrected chi connectivity index (χ3v) is 4.67. The molecular formula is C17H15BrN4O. The van der Waals surface area contributed by atoms with Crippen molar-refractivity contribution < 1.29 is 5.11 Å². The average molecular weight is 371 g/mol. The molecule has 23 heavy (non-hydrogen) atoms. The second kappa shape index (κ2) is 5.77. The van der Waals surface area contributed by atoms with Crippen molar-refractivity contribution in [3.63, 3.8) is 0 Å². The van der Waals surface area contributed by atoms with Crippen molar-refractivity contribution >= 4 is 33.4 Å². The fourth-order valence-corrected chi connectivity index (χ4v) is 3.44. The highest BCUT2D eigenvalue weighted by Crippen LogP contribution is 2.34. The van der Waals surface area contributed by atoms with E-state index in [9.17, 15) is 5.11 Å². The van der Waals surface area contributed by atoms with Crippen molar-refractivity contribution in [1.82, 2.24) is 9.88 Å². The molecule has 0 saturated carbocycles. The molecule has 6 heteroatoms. The molecular weight excluding hydrogens is 356 g/mol. The van der Waals surface area contributed by atoms with E-state index >= 15 is 0 Å². The number of nitrogens with zero attached hydrogens (tertiary/aromatic N) is 4. The van der Waals surface area contributed by atoms with Gasteiger partial charge in [-0.2, -0.15) is 0 Å². The summed E-state index contributed by atoms with van der Waals surface area (Å²) in [5.41, 5.74) is 1.66. The number of fused-ring (bicyclic) bond motifs is 3. The van der Waals surface area contributed by atoms with Gasteiger partial charge in [-0.15, -0.1) is 0 Å². The second-order valence-electron chi connectivity index (χ2n) is 5.58. The van der Waals surface area contributed by atoms with Crippen molar-refractivity contribution in [1.29, 1.82) is 0 Å². The summed E-state index contributed by atoms with van der Waals surface area (Å²) >= 11 is 3.52. The number of pyridine rings is 1. The number of aliphatic imine (C=N–C) groups is 2. The molecule has 1 aliphatic carbocycles. The Morgan fingerprint density at radius 3 is 3.17 bits per heavy atom. The van der Waals surface area contributed by atoms with Gasteiger partial charge >= 0.3 is 0 Å². The van der Waals surface area contributed by atoms with E-state index in [4.69, 9.17) is 4.99 Å². The van der Waals surface area contributed by atoms with Gasteiger partial charge in [0.2, 0.25) is 0 Å². The number of rotatable bonds is 2. The van der Waals surface area contributed by atoms with E-state index < -0.39 is 0 Å². The number of aromatic nitrogens is 1. The summed E-state index contributed by atoms with van der Waals surface area (Å²) in [6.45, 7) is 1.57. The number of halogens is 1. The van der Waals surface area contributed by atoms with Crippen molar-refractivity contribution in [2.24, 2.45) is 15.9 Å². The molecule has 0 saturated heterocycles. The van der Waals surface area contributed by atoms with Crippen LogP contribution in [0.3, 0.4) is 0 Å². The minimum atomic E-state index is 0.160. The molecule has 3 heterocycles. The molecule has 0 fully saturated rings. The third-order valence-electron chi connectivity index (χ3n) is 4.12. The molecule has 0 amide bonds. The fourth-order valence-electron chi connectivity index (χ4n) is 3.02. The van der Waals surface area contributed by atoms with Crippen LogP contribution >= 0.6 is 15.9 Å². The smallest absolute Gasteiger partial charge is 0.137 e. The summed E-state index contributed by atoms with van der Waals surface area (Å²) in [7, 11) is 0. The lowest BCUT2D eigenvalue weighted by molar-refractivity contribution is 0.510. The number of hydrogen-bond acceptors (Lipinski definition) is 5. The summed E-state index contributed by atoms with van der Waals surface area (Å²) in [5.74, 6) is 2.16. The molecule has 116 valence electrons. The first kappa shape index (κ1) is 14.4. The average Bonchev–Trinajstić information content (AvgIpc) is 3.05. The Morgan fingerprint density at radius 1 is 1.43 bits per heavy atom. The highest BCUT2D eigenvalue weighted by molar-refractivity contribution is 9.11. The van der Waals surface area contributed by atoms with Gasteiger partial charge in [0, 0.05) is 35.1 Å². The Hall–Kier alpha value is -2.21. The molecule has 1 aromatic heterocycles. The minimum absolute atomic E-state index is 0.160. The predicted molar refractivity (Wildman–Crippen MR) is 94.5 cm³/mol. The minimum Gasteiger partial charge on any atom is -0.507 e. The standard InChI is InChI=1S/C17H15BrN4O/c18-12-3-4-13-14(8-12)21-16(22-7-6-20-17(13)22)9-15(23)11-2-1-5-19-10-11/h1-3,5,8-10,13,23H,4,6-7H2/b15-9-. The Balaban J connectivity index is 1.75. The summed E-state index contributed by atoms with van der Waals surface area (Å²) in [4.78, 5) is 15.5. The first-order chi connectivity index (χ1) is 11.2. The molecule has 4 rings (SSSR count). The zero-order valence-electron chi connectivity index (χ0n) is 12.4. The zero-order chi connectivity index (χ0) is 15.8. The molecule has 1 atom stereocenters. The van der Waals surface area contributed by atoms with Crippen LogP contribution in [0.15, 0.2) is 62.9 Å². The van der Waals surface area contributed by atoms with Crippen molar-refractivity contribution in [2.45, 2.75) is 6.42 Å². The Morgan fingerprint density at radius 2 is 2.35 bits per heavy atom. The number of hydrogen-bond donors (Lipinski definition) is 1. The number of aliphatic hydroxyl groups excluding tert-OH is 1. The number of aliphatic hydroxyl groups is 1. The molecule has 0 aromatic carbocycles. The molecule has 0 radical (unpaired) electrons. The van der Waals surface area contributed by atoms with Gasteiger partial charge in [0.25, 0.3) is 0 Å². The first-order valence-electron chi connectivity index (χ1n) is 7.51. The van der Waals surface area contributed by atoms with E-state index in [2.05, 4.69) is 36.9 Å². The summed E-state index contributed by atoms with van der Waals surface area (Å²) in [6.07, 6.45) is 10.1. The van der Waals surface area contributed by atoms with Gasteiger partial charge in [-0.25, -0.2) is 4.99 Å². The lowest BCUT2D eigenvalue weighted by atomic mass is 9.93. The van der Waals surface area contributed by atoms with Crippen LogP contribution in [-0.2, 0) is 0 Å². The van der Waals surface area contributed by atoms with Crippen LogP contribution in [0.25, 0.3) is 5.76 Å². The van der Waals surface area contributed by atoms with E-state index in [0.717, 1.165) is 41.4 Å². The van der Waals surface area contributed by atoms with Gasteiger partial charge in [-0.3, -0.25) is 9.98 Å². The van der Waals surface area contributed by atoms with Crippen molar-refractivity contribution in [2.75, 3.05) is 13.1 Å².